The zero-order valence-corrected chi connectivity index (χ0v) is 14.8. The third kappa shape index (κ3) is 3.74. The molecule has 1 aromatic heterocycles. The normalized spacial score (nSPS) is 12.1. The van der Waals surface area contributed by atoms with Crippen LogP contribution >= 0.6 is 15.9 Å². The van der Waals surface area contributed by atoms with Crippen LogP contribution in [0.5, 0.6) is 0 Å². The molecule has 0 spiro atoms. The van der Waals surface area contributed by atoms with Crippen molar-refractivity contribution < 1.29 is 4.79 Å². The number of carbonyl (C=O) groups excluding carboxylic acids is 1. The Morgan fingerprint density at radius 3 is 2.67 bits per heavy atom. The number of amides is 1. The van der Waals surface area contributed by atoms with Gasteiger partial charge in [0.15, 0.2) is 0 Å². The minimum atomic E-state index is -0.202. The topological polar surface area (TPSA) is 51.1 Å². The van der Waals surface area contributed by atoms with E-state index in [4.69, 9.17) is 0 Å². The molecule has 1 amide bonds. The fourth-order valence-electron chi connectivity index (χ4n) is 2.63. The first-order valence-electron chi connectivity index (χ1n) is 7.67. The van der Waals surface area contributed by atoms with Gasteiger partial charge in [-0.3, -0.25) is 9.59 Å². The molecule has 1 N–H and O–H groups in total. The lowest BCUT2D eigenvalue weighted by atomic mass is 10.0. The summed E-state index contributed by atoms with van der Waals surface area (Å²) in [6.45, 7) is 1.93. The summed E-state index contributed by atoms with van der Waals surface area (Å²) in [6, 6.07) is 17.2. The molecule has 0 radical (unpaired) electrons. The van der Waals surface area contributed by atoms with Gasteiger partial charge in [0, 0.05) is 16.7 Å². The summed E-state index contributed by atoms with van der Waals surface area (Å²) < 4.78 is 2.14. The Morgan fingerprint density at radius 1 is 1.12 bits per heavy atom. The zero-order chi connectivity index (χ0) is 17.1. The summed E-state index contributed by atoms with van der Waals surface area (Å²) >= 11 is 3.31. The molecule has 0 aliphatic carbocycles. The molecule has 3 rings (SSSR count). The number of halogens is 1. The summed E-state index contributed by atoms with van der Waals surface area (Å²) in [5.74, 6) is -0.198. The predicted molar refractivity (Wildman–Crippen MR) is 98.9 cm³/mol. The molecule has 0 saturated heterocycles. The molecule has 4 nitrogen and oxygen atoms in total. The fourth-order valence-corrected chi connectivity index (χ4v) is 3.01. The van der Waals surface area contributed by atoms with Crippen LogP contribution < -0.4 is 10.9 Å². The minimum absolute atomic E-state index is 0.00378. The maximum Gasteiger partial charge on any atom is 0.251 e. The summed E-state index contributed by atoms with van der Waals surface area (Å²) in [5, 5.41) is 5.25. The van der Waals surface area contributed by atoms with E-state index in [9.17, 15) is 9.59 Å². The van der Waals surface area contributed by atoms with Gasteiger partial charge >= 0.3 is 0 Å². The van der Waals surface area contributed by atoms with Gasteiger partial charge in [0.1, 0.15) is 6.54 Å². The van der Waals surface area contributed by atoms with E-state index in [0.717, 1.165) is 15.4 Å². The molecule has 0 saturated carbocycles. The second-order valence-corrected chi connectivity index (χ2v) is 6.62. The van der Waals surface area contributed by atoms with E-state index in [1.807, 2.05) is 31.2 Å². The van der Waals surface area contributed by atoms with Gasteiger partial charge in [0.25, 0.3) is 5.56 Å². The lowest BCUT2D eigenvalue weighted by Crippen LogP contribution is -2.33. The number of hydrogen-bond donors (Lipinski definition) is 1. The van der Waals surface area contributed by atoms with Crippen molar-refractivity contribution in [2.75, 3.05) is 0 Å². The Kier molecular flexibility index (Phi) is 4.81. The maximum atomic E-state index is 12.2. The SMILES string of the molecule is CC(NC(=O)Cn1cc(Br)ccc1=O)c1ccc2ccccc2c1. The van der Waals surface area contributed by atoms with Crippen LogP contribution in [0.1, 0.15) is 18.5 Å². The van der Waals surface area contributed by atoms with Crippen LogP contribution in [-0.2, 0) is 11.3 Å². The predicted octanol–water partition coefficient (Wildman–Crippen LogP) is 3.64. The molecule has 1 atom stereocenters. The molecule has 24 heavy (non-hydrogen) atoms. The standard InChI is InChI=1S/C19H17BrN2O2/c1-13(15-7-6-14-4-2-3-5-16(14)10-15)21-18(23)12-22-11-17(20)8-9-19(22)24/h2-11,13H,12H2,1H3,(H,21,23). The molecule has 1 heterocycles. The van der Waals surface area contributed by atoms with Gasteiger partial charge in [-0.1, -0.05) is 36.4 Å². The zero-order valence-electron chi connectivity index (χ0n) is 13.2. The number of aromatic nitrogens is 1. The van der Waals surface area contributed by atoms with E-state index in [1.54, 1.807) is 12.3 Å². The van der Waals surface area contributed by atoms with Crippen molar-refractivity contribution in [2.24, 2.45) is 0 Å². The number of fused-ring (bicyclic) bond motifs is 1. The van der Waals surface area contributed by atoms with E-state index >= 15 is 0 Å². The lowest BCUT2D eigenvalue weighted by molar-refractivity contribution is -0.122. The molecule has 2 aromatic carbocycles. The van der Waals surface area contributed by atoms with Crippen LogP contribution in [-0.4, -0.2) is 10.5 Å². The van der Waals surface area contributed by atoms with Crippen molar-refractivity contribution in [3.05, 3.63) is 81.2 Å². The number of benzene rings is 2. The van der Waals surface area contributed by atoms with Gasteiger partial charge in [-0.05, 0) is 51.3 Å². The molecule has 5 heteroatoms. The number of hydrogen-bond acceptors (Lipinski definition) is 2. The van der Waals surface area contributed by atoms with Crippen LogP contribution in [0.15, 0.2) is 70.1 Å². The molecule has 0 fully saturated rings. The number of nitrogens with one attached hydrogen (secondary N) is 1. The van der Waals surface area contributed by atoms with Crippen molar-refractivity contribution in [1.82, 2.24) is 9.88 Å². The molecule has 1 unspecified atom stereocenters. The summed E-state index contributed by atoms with van der Waals surface area (Å²) in [5.41, 5.74) is 0.829. The van der Waals surface area contributed by atoms with Crippen molar-refractivity contribution in [3.8, 4) is 0 Å². The van der Waals surface area contributed by atoms with Crippen LogP contribution in [0.4, 0.5) is 0 Å². The average molecular weight is 385 g/mol. The Bertz CT molecular complexity index is 949. The average Bonchev–Trinajstić information content (AvgIpc) is 2.57. The van der Waals surface area contributed by atoms with Crippen LogP contribution in [0.2, 0.25) is 0 Å². The molecular formula is C19H17BrN2O2. The van der Waals surface area contributed by atoms with Gasteiger partial charge < -0.3 is 9.88 Å². The monoisotopic (exact) mass is 384 g/mol. The smallest absolute Gasteiger partial charge is 0.251 e. The molecule has 0 bridgehead atoms. The first kappa shape index (κ1) is 16.5. The summed E-state index contributed by atoms with van der Waals surface area (Å²) in [4.78, 5) is 24.0. The van der Waals surface area contributed by atoms with E-state index in [2.05, 4.69) is 39.4 Å². The van der Waals surface area contributed by atoms with Gasteiger partial charge in [-0.15, -0.1) is 0 Å². The van der Waals surface area contributed by atoms with Crippen LogP contribution in [0, 0.1) is 0 Å². The number of rotatable bonds is 4. The molecule has 0 aliphatic heterocycles. The number of pyridine rings is 1. The Hall–Kier alpha value is -2.40. The van der Waals surface area contributed by atoms with Crippen molar-refractivity contribution in [3.63, 3.8) is 0 Å². The Balaban J connectivity index is 1.73. The first-order valence-corrected chi connectivity index (χ1v) is 8.46. The highest BCUT2D eigenvalue weighted by Crippen LogP contribution is 2.20. The van der Waals surface area contributed by atoms with Crippen molar-refractivity contribution in [2.45, 2.75) is 19.5 Å². The second-order valence-electron chi connectivity index (χ2n) is 5.71. The lowest BCUT2D eigenvalue weighted by Gasteiger charge is -2.16. The van der Waals surface area contributed by atoms with Gasteiger partial charge in [0.2, 0.25) is 5.91 Å². The van der Waals surface area contributed by atoms with Gasteiger partial charge in [-0.25, -0.2) is 0 Å². The third-order valence-electron chi connectivity index (χ3n) is 3.91. The highest BCUT2D eigenvalue weighted by Gasteiger charge is 2.11. The second kappa shape index (κ2) is 7.01. The van der Waals surface area contributed by atoms with E-state index in [1.165, 1.54) is 16.0 Å². The molecule has 122 valence electrons. The maximum absolute atomic E-state index is 12.2. The van der Waals surface area contributed by atoms with Crippen molar-refractivity contribution in [1.29, 1.82) is 0 Å². The Morgan fingerprint density at radius 2 is 1.88 bits per heavy atom. The number of carbonyl (C=O) groups is 1. The quantitative estimate of drug-likeness (QED) is 0.746. The van der Waals surface area contributed by atoms with Gasteiger partial charge in [-0.2, -0.15) is 0 Å². The molecular weight excluding hydrogens is 368 g/mol. The third-order valence-corrected chi connectivity index (χ3v) is 4.38. The minimum Gasteiger partial charge on any atom is -0.348 e. The molecule has 0 aliphatic rings. The summed E-state index contributed by atoms with van der Waals surface area (Å²) in [6.07, 6.45) is 1.61. The Labute approximate surface area is 148 Å². The van der Waals surface area contributed by atoms with Crippen LogP contribution in [0.3, 0.4) is 0 Å². The first-order chi connectivity index (χ1) is 11.5. The number of nitrogens with zero attached hydrogens (tertiary/aromatic N) is 1. The van der Waals surface area contributed by atoms with Crippen LogP contribution in [0.25, 0.3) is 10.8 Å². The van der Waals surface area contributed by atoms with E-state index < -0.39 is 0 Å². The highest BCUT2D eigenvalue weighted by atomic mass is 79.9. The largest absolute Gasteiger partial charge is 0.348 e. The summed E-state index contributed by atoms with van der Waals surface area (Å²) in [7, 11) is 0. The van der Waals surface area contributed by atoms with E-state index in [-0.39, 0.29) is 24.1 Å². The van der Waals surface area contributed by atoms with E-state index in [0.29, 0.717) is 0 Å². The highest BCUT2D eigenvalue weighted by molar-refractivity contribution is 9.10. The van der Waals surface area contributed by atoms with Crippen molar-refractivity contribution >= 4 is 32.6 Å². The molecule has 3 aromatic rings. The van der Waals surface area contributed by atoms with Gasteiger partial charge in [0.05, 0.1) is 6.04 Å². The fraction of sp³-hybridized carbons (Fsp3) is 0.158.